The Balaban J connectivity index is 2.00. The summed E-state index contributed by atoms with van der Waals surface area (Å²) in [6, 6.07) is 0. The molecule has 214 valence electrons. The van der Waals surface area contributed by atoms with Crippen LogP contribution in [0.4, 0.5) is 0 Å². The van der Waals surface area contributed by atoms with Gasteiger partial charge in [-0.25, -0.2) is 0 Å². The van der Waals surface area contributed by atoms with Crippen molar-refractivity contribution < 1.29 is 71.3 Å². The number of hydrogen-bond donors (Lipinski definition) is 0. The Morgan fingerprint density at radius 3 is 1.63 bits per heavy atom. The second-order valence-electron chi connectivity index (χ2n) is 8.85. The van der Waals surface area contributed by atoms with Gasteiger partial charge in [0, 0.05) is 41.7 Å². The summed E-state index contributed by atoms with van der Waals surface area (Å²) in [5.74, 6) is -3.65. The first-order valence-corrected chi connectivity index (χ1v) is 11.8. The average Bonchev–Trinajstić information content (AvgIpc) is 3.23. The first-order valence-electron chi connectivity index (χ1n) is 11.8. The maximum Gasteiger partial charge on any atom is 0.303 e. The van der Waals surface area contributed by atoms with Gasteiger partial charge in [-0.3, -0.25) is 24.0 Å². The molecule has 2 bridgehead atoms. The molecule has 38 heavy (non-hydrogen) atoms. The molecular formula is C23H32O15. The Bertz CT molecular complexity index is 905. The number of ether oxygens (including phenoxy) is 10. The Hall–Kier alpha value is -2.85. The molecule has 0 saturated carbocycles. The van der Waals surface area contributed by atoms with E-state index in [0.717, 1.165) is 34.6 Å². The lowest BCUT2D eigenvalue weighted by Crippen LogP contribution is -2.65. The second kappa shape index (κ2) is 12.8. The van der Waals surface area contributed by atoms with Gasteiger partial charge in [-0.15, -0.1) is 0 Å². The van der Waals surface area contributed by atoms with E-state index in [1.807, 2.05) is 0 Å². The third-order valence-corrected chi connectivity index (χ3v) is 5.74. The SMILES string of the molecule is COC[C@H]1O[C@H](O[C@H]2[C@H](OC(C)=O)[C@@H](OC(C)=O)[C@@H]3OC[C@H]2O3)[C@H](OC(C)=O)[C@@H](OC(C)=O)[C@@H]1OC(C)=O. The zero-order chi connectivity index (χ0) is 28.1. The maximum absolute atomic E-state index is 12.0. The molecule has 0 aromatic heterocycles. The van der Waals surface area contributed by atoms with Crippen molar-refractivity contribution in [2.45, 2.75) is 96.0 Å². The van der Waals surface area contributed by atoms with Crippen LogP contribution >= 0.6 is 0 Å². The Morgan fingerprint density at radius 1 is 0.632 bits per heavy atom. The van der Waals surface area contributed by atoms with Gasteiger partial charge in [0.1, 0.15) is 18.3 Å². The standard InChI is InChI=1S/C23H32O15/c1-9(24)31-16-14(7-29-6)37-23(21(35-13(5)28)18(16)32-10(2)25)38-17-15-8-30-22(36-15)20(34-12(4)27)19(17)33-11(3)26/h14-23H,7-8H2,1-6H3/t14-,15-,16-,17-,18+,19+,20-,21-,22-,23-/m1/s1. The summed E-state index contributed by atoms with van der Waals surface area (Å²) in [6.45, 7) is 5.55. The lowest BCUT2D eigenvalue weighted by molar-refractivity contribution is -0.341. The van der Waals surface area contributed by atoms with E-state index in [-0.39, 0.29) is 13.2 Å². The van der Waals surface area contributed by atoms with Crippen molar-refractivity contribution in [1.29, 1.82) is 0 Å². The molecule has 0 aromatic carbocycles. The number of fused-ring (bicyclic) bond motifs is 2. The highest BCUT2D eigenvalue weighted by Crippen LogP contribution is 2.37. The molecule has 0 spiro atoms. The van der Waals surface area contributed by atoms with Crippen LogP contribution in [0.15, 0.2) is 0 Å². The van der Waals surface area contributed by atoms with Gasteiger partial charge in [-0.1, -0.05) is 0 Å². The molecule has 3 aliphatic heterocycles. The quantitative estimate of drug-likeness (QED) is 0.257. The van der Waals surface area contributed by atoms with E-state index in [9.17, 15) is 24.0 Å². The van der Waals surface area contributed by atoms with Gasteiger partial charge in [0.15, 0.2) is 43.1 Å². The lowest BCUT2D eigenvalue weighted by atomic mass is 9.96. The van der Waals surface area contributed by atoms with Crippen LogP contribution in [0, 0.1) is 0 Å². The molecule has 0 N–H and O–H groups in total. The summed E-state index contributed by atoms with van der Waals surface area (Å²) in [5, 5.41) is 0. The minimum absolute atomic E-state index is 0.0131. The molecule has 3 rings (SSSR count). The molecule has 0 amide bonds. The predicted molar refractivity (Wildman–Crippen MR) is 118 cm³/mol. The van der Waals surface area contributed by atoms with E-state index in [0.29, 0.717) is 0 Å². The van der Waals surface area contributed by atoms with Crippen LogP contribution in [0.3, 0.4) is 0 Å². The molecule has 3 saturated heterocycles. The Morgan fingerprint density at radius 2 is 1.11 bits per heavy atom. The van der Waals surface area contributed by atoms with E-state index < -0.39 is 91.3 Å². The maximum atomic E-state index is 12.0. The molecule has 3 heterocycles. The zero-order valence-electron chi connectivity index (χ0n) is 21.8. The summed E-state index contributed by atoms with van der Waals surface area (Å²) in [5.41, 5.74) is 0. The first kappa shape index (κ1) is 29.7. The normalized spacial score (nSPS) is 36.1. The summed E-state index contributed by atoms with van der Waals surface area (Å²) < 4.78 is 55.7. The van der Waals surface area contributed by atoms with Crippen molar-refractivity contribution in [3.63, 3.8) is 0 Å². The molecule has 3 fully saturated rings. The topological polar surface area (TPSA) is 178 Å². The van der Waals surface area contributed by atoms with Crippen molar-refractivity contribution in [3.05, 3.63) is 0 Å². The molecule has 10 atom stereocenters. The van der Waals surface area contributed by atoms with Crippen molar-refractivity contribution in [3.8, 4) is 0 Å². The van der Waals surface area contributed by atoms with Gasteiger partial charge in [0.05, 0.1) is 13.2 Å². The van der Waals surface area contributed by atoms with Crippen molar-refractivity contribution in [1.82, 2.24) is 0 Å². The molecule has 0 aromatic rings. The molecule has 0 unspecified atom stereocenters. The summed E-state index contributed by atoms with van der Waals surface area (Å²) in [6.07, 6.45) is -11.9. The second-order valence-corrected chi connectivity index (χ2v) is 8.85. The Kier molecular flexibility index (Phi) is 10.0. The third kappa shape index (κ3) is 7.17. The fraction of sp³-hybridized carbons (Fsp3) is 0.783. The van der Waals surface area contributed by atoms with Crippen molar-refractivity contribution in [2.24, 2.45) is 0 Å². The number of carbonyl (C=O) groups is 5. The summed E-state index contributed by atoms with van der Waals surface area (Å²) in [7, 11) is 1.37. The van der Waals surface area contributed by atoms with E-state index >= 15 is 0 Å². The molecule has 0 radical (unpaired) electrons. The van der Waals surface area contributed by atoms with Crippen LogP contribution in [0.2, 0.25) is 0 Å². The minimum Gasteiger partial charge on any atom is -0.456 e. The molecule has 15 nitrogen and oxygen atoms in total. The highest BCUT2D eigenvalue weighted by molar-refractivity contribution is 5.69. The van der Waals surface area contributed by atoms with Crippen molar-refractivity contribution in [2.75, 3.05) is 20.3 Å². The highest BCUT2D eigenvalue weighted by Gasteiger charge is 2.59. The minimum atomic E-state index is -1.48. The van der Waals surface area contributed by atoms with Gasteiger partial charge in [-0.2, -0.15) is 0 Å². The monoisotopic (exact) mass is 548 g/mol. The smallest absolute Gasteiger partial charge is 0.303 e. The van der Waals surface area contributed by atoms with E-state index in [4.69, 9.17) is 47.4 Å². The van der Waals surface area contributed by atoms with E-state index in [1.54, 1.807) is 0 Å². The van der Waals surface area contributed by atoms with Gasteiger partial charge in [0.2, 0.25) is 0 Å². The van der Waals surface area contributed by atoms with E-state index in [2.05, 4.69) is 0 Å². The fourth-order valence-corrected chi connectivity index (χ4v) is 4.56. The molecule has 0 aliphatic carbocycles. The van der Waals surface area contributed by atoms with Crippen LogP contribution in [0.5, 0.6) is 0 Å². The highest BCUT2D eigenvalue weighted by atomic mass is 16.8. The number of rotatable bonds is 9. The van der Waals surface area contributed by atoms with Crippen LogP contribution < -0.4 is 0 Å². The molecule has 3 aliphatic rings. The van der Waals surface area contributed by atoms with Gasteiger partial charge >= 0.3 is 29.8 Å². The number of esters is 5. The van der Waals surface area contributed by atoms with E-state index in [1.165, 1.54) is 7.11 Å². The largest absolute Gasteiger partial charge is 0.456 e. The van der Waals surface area contributed by atoms with Crippen LogP contribution in [-0.4, -0.2) is 112 Å². The van der Waals surface area contributed by atoms with Crippen LogP contribution in [-0.2, 0) is 71.3 Å². The van der Waals surface area contributed by atoms with Gasteiger partial charge in [-0.05, 0) is 0 Å². The summed E-state index contributed by atoms with van der Waals surface area (Å²) >= 11 is 0. The zero-order valence-corrected chi connectivity index (χ0v) is 21.8. The lowest BCUT2D eigenvalue weighted by Gasteiger charge is -2.46. The molecule has 15 heteroatoms. The first-order chi connectivity index (χ1) is 17.9. The molecular weight excluding hydrogens is 516 g/mol. The fourth-order valence-electron chi connectivity index (χ4n) is 4.56. The number of hydrogen-bond acceptors (Lipinski definition) is 15. The van der Waals surface area contributed by atoms with Crippen LogP contribution in [0.25, 0.3) is 0 Å². The van der Waals surface area contributed by atoms with Gasteiger partial charge < -0.3 is 47.4 Å². The third-order valence-electron chi connectivity index (χ3n) is 5.74. The number of carbonyl (C=O) groups excluding carboxylic acids is 5. The average molecular weight is 548 g/mol. The van der Waals surface area contributed by atoms with Crippen LogP contribution in [0.1, 0.15) is 34.6 Å². The Labute approximate surface area is 218 Å². The predicted octanol–water partition coefficient (Wildman–Crippen LogP) is -0.843. The summed E-state index contributed by atoms with van der Waals surface area (Å²) in [4.78, 5) is 59.6. The van der Waals surface area contributed by atoms with Crippen molar-refractivity contribution >= 4 is 29.8 Å². The van der Waals surface area contributed by atoms with Gasteiger partial charge in [0.25, 0.3) is 0 Å². The number of methoxy groups -OCH3 is 1.